The van der Waals surface area contributed by atoms with Gasteiger partial charge in [-0.1, -0.05) is 66.7 Å². The van der Waals surface area contributed by atoms with Crippen LogP contribution in [0.1, 0.15) is 40.4 Å². The summed E-state index contributed by atoms with van der Waals surface area (Å²) in [4.78, 5) is 12.2. The molecule has 0 unspecified atom stereocenters. The van der Waals surface area contributed by atoms with Crippen molar-refractivity contribution in [3.63, 3.8) is 0 Å². The fourth-order valence-corrected chi connectivity index (χ4v) is 3.69. The molecular formula is C31H30N2O3. The average molecular weight is 479 g/mol. The molecule has 0 atom stereocenters. The van der Waals surface area contributed by atoms with Crippen LogP contribution in [0.3, 0.4) is 0 Å². The molecule has 4 rings (SSSR count). The third-order valence-electron chi connectivity index (χ3n) is 5.68. The summed E-state index contributed by atoms with van der Waals surface area (Å²) in [5.41, 5.74) is 8.62. The molecule has 0 aromatic heterocycles. The van der Waals surface area contributed by atoms with Crippen LogP contribution in [0.4, 0.5) is 5.69 Å². The Bertz CT molecular complexity index is 1270. The molecule has 0 amide bonds. The third kappa shape index (κ3) is 7.31. The molecule has 4 aromatic rings. The van der Waals surface area contributed by atoms with Crippen molar-refractivity contribution in [3.05, 3.63) is 131 Å². The van der Waals surface area contributed by atoms with Crippen LogP contribution in [-0.4, -0.2) is 18.3 Å². The van der Waals surface area contributed by atoms with Gasteiger partial charge in [-0.15, -0.1) is 0 Å². The lowest BCUT2D eigenvalue weighted by atomic mass is 10.0. The minimum atomic E-state index is -0.306. The van der Waals surface area contributed by atoms with E-state index in [-0.39, 0.29) is 5.97 Å². The molecule has 5 nitrogen and oxygen atoms in total. The molecule has 0 heterocycles. The number of hydrogen-bond donors (Lipinski definition) is 1. The monoisotopic (exact) mass is 478 g/mol. The van der Waals surface area contributed by atoms with Crippen LogP contribution in [0, 0.1) is 0 Å². The maximum absolute atomic E-state index is 12.2. The van der Waals surface area contributed by atoms with Crippen LogP contribution in [0.5, 0.6) is 5.75 Å². The van der Waals surface area contributed by atoms with E-state index in [1.54, 1.807) is 12.1 Å². The van der Waals surface area contributed by atoms with E-state index in [0.29, 0.717) is 31.6 Å². The van der Waals surface area contributed by atoms with Crippen molar-refractivity contribution in [2.75, 3.05) is 12.0 Å². The van der Waals surface area contributed by atoms with Crippen molar-refractivity contribution in [3.8, 4) is 5.75 Å². The first-order chi connectivity index (χ1) is 17.7. The number of carbonyl (C=O) groups excluding carboxylic acids is 1. The normalized spacial score (nSPS) is 11.1. The first-order valence-electron chi connectivity index (χ1n) is 12.1. The molecule has 0 aliphatic heterocycles. The van der Waals surface area contributed by atoms with Gasteiger partial charge in [0.2, 0.25) is 0 Å². The average Bonchev–Trinajstić information content (AvgIpc) is 2.94. The molecule has 0 aliphatic rings. The molecule has 4 aromatic carbocycles. The summed E-state index contributed by atoms with van der Waals surface area (Å²) in [6.45, 7) is 2.79. The van der Waals surface area contributed by atoms with Crippen LogP contribution in [-0.2, 0) is 17.8 Å². The van der Waals surface area contributed by atoms with Gasteiger partial charge in [0.25, 0.3) is 0 Å². The van der Waals surface area contributed by atoms with Crippen molar-refractivity contribution in [2.45, 2.75) is 26.4 Å². The van der Waals surface area contributed by atoms with Gasteiger partial charge in [-0.05, 0) is 78.9 Å². The number of nitrogens with one attached hydrogen (secondary N) is 1. The molecular weight excluding hydrogens is 448 g/mol. The number of anilines is 1. The fourth-order valence-electron chi connectivity index (χ4n) is 3.69. The fraction of sp³-hybridized carbons (Fsp3) is 0.161. The number of hydrogen-bond acceptors (Lipinski definition) is 5. The standard InChI is InChI=1S/C31H30N2O3/c1-24(32-33-29-17-9-4-10-18-29)27-19-20-30(36-23-25-12-5-2-6-13-25)28(22-27)16-11-21-35-31(34)26-14-7-3-8-15-26/h2-10,12-15,17-20,22,33H,11,16,21,23H2,1H3. The summed E-state index contributed by atoms with van der Waals surface area (Å²) in [6, 6.07) is 35.1. The van der Waals surface area contributed by atoms with Gasteiger partial charge in [0.15, 0.2) is 0 Å². The highest BCUT2D eigenvalue weighted by atomic mass is 16.5. The van der Waals surface area contributed by atoms with Crippen molar-refractivity contribution < 1.29 is 14.3 Å². The summed E-state index contributed by atoms with van der Waals surface area (Å²) in [6.07, 6.45) is 1.39. The highest BCUT2D eigenvalue weighted by molar-refractivity contribution is 5.99. The highest BCUT2D eigenvalue weighted by Gasteiger charge is 2.10. The minimum absolute atomic E-state index is 0.306. The highest BCUT2D eigenvalue weighted by Crippen LogP contribution is 2.24. The first kappa shape index (κ1) is 24.7. The third-order valence-corrected chi connectivity index (χ3v) is 5.68. The Hall–Kier alpha value is -4.38. The van der Waals surface area contributed by atoms with Gasteiger partial charge in [0, 0.05) is 0 Å². The Balaban J connectivity index is 1.43. The van der Waals surface area contributed by atoms with E-state index in [1.807, 2.05) is 97.9 Å². The largest absolute Gasteiger partial charge is 0.489 e. The Morgan fingerprint density at radius 3 is 2.19 bits per heavy atom. The summed E-state index contributed by atoms with van der Waals surface area (Å²) in [5.74, 6) is 0.515. The molecule has 0 spiro atoms. The van der Waals surface area contributed by atoms with Crippen molar-refractivity contribution in [1.29, 1.82) is 0 Å². The molecule has 1 N–H and O–H groups in total. The zero-order chi connectivity index (χ0) is 25.0. The van der Waals surface area contributed by atoms with Crippen LogP contribution in [0.25, 0.3) is 0 Å². The summed E-state index contributed by atoms with van der Waals surface area (Å²) in [7, 11) is 0. The molecule has 36 heavy (non-hydrogen) atoms. The second kappa shape index (κ2) is 12.9. The van der Waals surface area contributed by atoms with Gasteiger partial charge in [-0.3, -0.25) is 5.43 Å². The molecule has 5 heteroatoms. The zero-order valence-electron chi connectivity index (χ0n) is 20.4. The number of rotatable bonds is 11. The van der Waals surface area contributed by atoms with E-state index in [9.17, 15) is 4.79 Å². The van der Waals surface area contributed by atoms with Gasteiger partial charge in [-0.25, -0.2) is 4.79 Å². The van der Waals surface area contributed by atoms with Gasteiger partial charge >= 0.3 is 5.97 Å². The predicted molar refractivity (Wildman–Crippen MR) is 145 cm³/mol. The van der Waals surface area contributed by atoms with E-state index in [1.165, 1.54) is 0 Å². The number of aryl methyl sites for hydroxylation is 1. The smallest absolute Gasteiger partial charge is 0.338 e. The Labute approximate surface area is 212 Å². The number of benzene rings is 4. The molecule has 0 aliphatic carbocycles. The van der Waals surface area contributed by atoms with Gasteiger partial charge < -0.3 is 9.47 Å². The lowest BCUT2D eigenvalue weighted by Gasteiger charge is -2.14. The maximum atomic E-state index is 12.2. The molecule has 0 radical (unpaired) electrons. The molecule has 0 bridgehead atoms. The number of carbonyl (C=O) groups is 1. The zero-order valence-corrected chi connectivity index (χ0v) is 20.4. The van der Waals surface area contributed by atoms with E-state index >= 15 is 0 Å². The van der Waals surface area contributed by atoms with Crippen molar-refractivity contribution in [1.82, 2.24) is 0 Å². The van der Waals surface area contributed by atoms with E-state index < -0.39 is 0 Å². The summed E-state index contributed by atoms with van der Waals surface area (Å²) in [5, 5.41) is 4.54. The predicted octanol–water partition coefficient (Wildman–Crippen LogP) is 6.89. The topological polar surface area (TPSA) is 59.9 Å². The SMILES string of the molecule is CC(=NNc1ccccc1)c1ccc(OCc2ccccc2)c(CCCOC(=O)c2ccccc2)c1. The van der Waals surface area contributed by atoms with Crippen LogP contribution in [0.15, 0.2) is 114 Å². The second-order valence-corrected chi connectivity index (χ2v) is 8.38. The number of para-hydroxylation sites is 1. The van der Waals surface area contributed by atoms with Gasteiger partial charge in [0.05, 0.1) is 23.6 Å². The van der Waals surface area contributed by atoms with Gasteiger partial charge in [-0.2, -0.15) is 5.10 Å². The lowest BCUT2D eigenvalue weighted by molar-refractivity contribution is 0.0500. The maximum Gasteiger partial charge on any atom is 0.338 e. The number of nitrogens with zero attached hydrogens (tertiary/aromatic N) is 1. The minimum Gasteiger partial charge on any atom is -0.489 e. The number of esters is 1. The quantitative estimate of drug-likeness (QED) is 0.110. The Morgan fingerprint density at radius 2 is 1.47 bits per heavy atom. The summed E-state index contributed by atoms with van der Waals surface area (Å²) >= 11 is 0. The number of ether oxygens (including phenoxy) is 2. The molecule has 0 saturated heterocycles. The Morgan fingerprint density at radius 1 is 0.806 bits per heavy atom. The van der Waals surface area contributed by atoms with Gasteiger partial charge in [0.1, 0.15) is 12.4 Å². The number of hydrazone groups is 1. The van der Waals surface area contributed by atoms with E-state index in [4.69, 9.17) is 9.47 Å². The van der Waals surface area contributed by atoms with E-state index in [2.05, 4.69) is 16.6 Å². The summed E-state index contributed by atoms with van der Waals surface area (Å²) < 4.78 is 11.6. The van der Waals surface area contributed by atoms with Crippen LogP contribution in [0.2, 0.25) is 0 Å². The second-order valence-electron chi connectivity index (χ2n) is 8.38. The first-order valence-corrected chi connectivity index (χ1v) is 12.1. The Kier molecular flexibility index (Phi) is 8.87. The van der Waals surface area contributed by atoms with Crippen molar-refractivity contribution >= 4 is 17.4 Å². The molecule has 0 saturated carbocycles. The molecule has 182 valence electrons. The molecule has 0 fully saturated rings. The van der Waals surface area contributed by atoms with Crippen LogP contribution < -0.4 is 10.2 Å². The van der Waals surface area contributed by atoms with Crippen molar-refractivity contribution in [2.24, 2.45) is 5.10 Å². The lowest BCUT2D eigenvalue weighted by Crippen LogP contribution is -2.08. The van der Waals surface area contributed by atoms with Crippen LogP contribution >= 0.6 is 0 Å². The van der Waals surface area contributed by atoms with E-state index in [0.717, 1.165) is 33.8 Å².